The van der Waals surface area contributed by atoms with Crippen LogP contribution in [0.2, 0.25) is 11.1 Å². The van der Waals surface area contributed by atoms with Crippen molar-refractivity contribution in [3.05, 3.63) is 0 Å². The Hall–Kier alpha value is 2.29. The Kier molecular flexibility index (Phi) is 22.9. The minimum absolute atomic E-state index is 0.252. The van der Waals surface area contributed by atoms with Crippen molar-refractivity contribution in [2.75, 3.05) is 51.1 Å². The first-order chi connectivity index (χ1) is 15.4. The molecule has 0 aliphatic heterocycles. The maximum atomic E-state index is 6.01. The third-order valence-electron chi connectivity index (χ3n) is 4.10. The minimum atomic E-state index is -2.62. The first-order valence-corrected chi connectivity index (χ1v) is 22.6. The second-order valence-corrected chi connectivity index (χ2v) is 22.2. The lowest BCUT2D eigenvalue weighted by molar-refractivity contribution is 0.0639. The maximum absolute atomic E-state index is 6.01. The van der Waals surface area contributed by atoms with Gasteiger partial charge >= 0.3 is 17.6 Å². The molecule has 32 heavy (non-hydrogen) atoms. The van der Waals surface area contributed by atoms with Gasteiger partial charge in [-0.1, -0.05) is 35.4 Å². The highest BCUT2D eigenvalue weighted by atomic mass is 33.9. The highest BCUT2D eigenvalue weighted by molar-refractivity contribution is 9.41. The van der Waals surface area contributed by atoms with Crippen LogP contribution in [0.3, 0.4) is 0 Å². The molecule has 2 unspecified atom stereocenters. The van der Waals surface area contributed by atoms with Crippen LogP contribution in [0.25, 0.3) is 0 Å². The van der Waals surface area contributed by atoms with E-state index in [2.05, 4.69) is 13.8 Å². The van der Waals surface area contributed by atoms with Crippen LogP contribution in [0.15, 0.2) is 0 Å². The van der Waals surface area contributed by atoms with Gasteiger partial charge < -0.3 is 26.6 Å². The van der Waals surface area contributed by atoms with Crippen LogP contribution >= 0.6 is 60.9 Å². The van der Waals surface area contributed by atoms with Crippen molar-refractivity contribution in [3.63, 3.8) is 0 Å². The molecule has 0 amide bonds. The van der Waals surface area contributed by atoms with Gasteiger partial charge in [-0.05, 0) is 80.8 Å². The average Bonchev–Trinajstić information content (AvgIpc) is 2.76. The predicted molar refractivity (Wildman–Crippen MR) is 155 cm³/mol. The van der Waals surface area contributed by atoms with Crippen molar-refractivity contribution in [3.8, 4) is 0 Å². The van der Waals surface area contributed by atoms with E-state index in [9.17, 15) is 0 Å². The Labute approximate surface area is 221 Å². The number of hydrogen-bond acceptors (Lipinski definition) is 12. The van der Waals surface area contributed by atoms with Gasteiger partial charge in [0.2, 0.25) is 0 Å². The van der Waals surface area contributed by atoms with Gasteiger partial charge in [0.1, 0.15) is 0 Å². The fourth-order valence-corrected chi connectivity index (χ4v) is 22.0. The standard InChI is InChI=1S/C18H42O6S6Si2/c1-9-19-31(20-10-2,21-11-3)17(7)15-25-27-29-30-28-26-16-18(8)32(22-12-4,23-13-5)24-14-6/h17-18H,9-16H2,1-8H3. The van der Waals surface area contributed by atoms with E-state index in [1.807, 2.05) is 63.1 Å². The highest BCUT2D eigenvalue weighted by Crippen LogP contribution is 2.54. The minimum Gasteiger partial charge on any atom is -0.374 e. The zero-order valence-electron chi connectivity index (χ0n) is 20.7. The van der Waals surface area contributed by atoms with Crippen molar-refractivity contribution in [1.82, 2.24) is 0 Å². The second kappa shape index (κ2) is 21.4. The topological polar surface area (TPSA) is 55.4 Å². The second-order valence-electron chi connectivity index (χ2n) is 6.45. The first-order valence-electron chi connectivity index (χ1n) is 11.2. The monoisotopic (exact) mass is 602 g/mol. The van der Waals surface area contributed by atoms with Gasteiger partial charge in [0.25, 0.3) is 0 Å². The normalized spacial score (nSPS) is 14.6. The van der Waals surface area contributed by atoms with Crippen LogP contribution in [0.1, 0.15) is 55.4 Å². The molecule has 0 saturated carbocycles. The third kappa shape index (κ3) is 13.0. The third-order valence-corrected chi connectivity index (χ3v) is 22.9. The van der Waals surface area contributed by atoms with Crippen molar-refractivity contribution < 1.29 is 26.6 Å². The molecule has 0 fully saturated rings. The van der Waals surface area contributed by atoms with Gasteiger partial charge in [0.05, 0.1) is 0 Å². The van der Waals surface area contributed by atoms with Crippen LogP contribution in [0.5, 0.6) is 0 Å². The summed E-state index contributed by atoms with van der Waals surface area (Å²) < 4.78 is 36.1. The summed E-state index contributed by atoms with van der Waals surface area (Å²) in [7, 11) is 5.57. The molecular weight excluding hydrogens is 561 g/mol. The quantitative estimate of drug-likeness (QED) is 0.0650. The molecule has 0 N–H and O–H groups in total. The maximum Gasteiger partial charge on any atom is 0.504 e. The van der Waals surface area contributed by atoms with E-state index >= 15 is 0 Å². The molecule has 0 saturated heterocycles. The van der Waals surface area contributed by atoms with Crippen LogP contribution < -0.4 is 0 Å². The van der Waals surface area contributed by atoms with Crippen molar-refractivity contribution in [2.24, 2.45) is 0 Å². The molecule has 0 aliphatic carbocycles. The van der Waals surface area contributed by atoms with E-state index in [0.29, 0.717) is 39.6 Å². The van der Waals surface area contributed by atoms with Crippen LogP contribution in [0, 0.1) is 0 Å². The molecular formula is C18H42O6S6Si2. The molecule has 0 heterocycles. The van der Waals surface area contributed by atoms with Gasteiger partial charge in [-0.2, -0.15) is 0 Å². The number of hydrogen-bond donors (Lipinski definition) is 0. The van der Waals surface area contributed by atoms with E-state index in [1.165, 1.54) is 0 Å². The predicted octanol–water partition coefficient (Wildman–Crippen LogP) is 7.84. The van der Waals surface area contributed by atoms with E-state index in [1.54, 1.807) is 39.3 Å². The van der Waals surface area contributed by atoms with Crippen molar-refractivity contribution >= 4 is 78.5 Å². The molecule has 0 radical (unpaired) electrons. The largest absolute Gasteiger partial charge is 0.504 e. The van der Waals surface area contributed by atoms with Gasteiger partial charge in [-0.25, -0.2) is 0 Å². The highest BCUT2D eigenvalue weighted by Gasteiger charge is 2.47. The molecule has 0 aromatic rings. The molecule has 0 aliphatic rings. The van der Waals surface area contributed by atoms with E-state index in [0.717, 1.165) is 11.5 Å². The summed E-state index contributed by atoms with van der Waals surface area (Å²) in [6.07, 6.45) is 0. The zero-order chi connectivity index (χ0) is 24.3. The van der Waals surface area contributed by atoms with Gasteiger partial charge in [0, 0.05) is 62.2 Å². The lowest BCUT2D eigenvalue weighted by Crippen LogP contribution is -2.50. The molecule has 0 rings (SSSR count). The SMILES string of the molecule is CCO[Si](OCC)(OCC)C(C)CSSSSSSCC(C)[Si](OCC)(OCC)OCC. The number of rotatable bonds is 23. The zero-order valence-corrected chi connectivity index (χ0v) is 27.6. The molecule has 194 valence electrons. The first kappa shape index (κ1) is 34.3. The van der Waals surface area contributed by atoms with Crippen LogP contribution in [-0.2, 0) is 26.6 Å². The van der Waals surface area contributed by atoms with E-state index in [4.69, 9.17) is 26.6 Å². The Morgan fingerprint density at radius 2 is 0.719 bits per heavy atom. The summed E-state index contributed by atoms with van der Waals surface area (Å²) >= 11 is 0. The molecule has 14 heteroatoms. The lowest BCUT2D eigenvalue weighted by atomic mass is 10.6. The summed E-state index contributed by atoms with van der Waals surface area (Å²) in [5, 5.41) is 0. The average molecular weight is 603 g/mol. The van der Waals surface area contributed by atoms with E-state index < -0.39 is 17.6 Å². The summed E-state index contributed by atoms with van der Waals surface area (Å²) in [5.41, 5.74) is 0.504. The smallest absolute Gasteiger partial charge is 0.374 e. The Bertz CT molecular complexity index is 375. The van der Waals surface area contributed by atoms with Gasteiger partial charge in [-0.3, -0.25) is 0 Å². The van der Waals surface area contributed by atoms with Crippen molar-refractivity contribution in [1.29, 1.82) is 0 Å². The summed E-state index contributed by atoms with van der Waals surface area (Å²) in [4.78, 5) is 0. The molecule has 0 bridgehead atoms. The Morgan fingerprint density at radius 3 is 0.938 bits per heavy atom. The molecule has 6 nitrogen and oxygen atoms in total. The van der Waals surface area contributed by atoms with Gasteiger partial charge in [-0.15, -0.1) is 0 Å². The fraction of sp³-hybridized carbons (Fsp3) is 1.00. The molecule has 2 atom stereocenters. The summed E-state index contributed by atoms with van der Waals surface area (Å²) in [6, 6.07) is 0. The van der Waals surface area contributed by atoms with E-state index in [-0.39, 0.29) is 11.1 Å². The van der Waals surface area contributed by atoms with Crippen molar-refractivity contribution in [2.45, 2.75) is 66.5 Å². The molecule has 0 aromatic heterocycles. The Morgan fingerprint density at radius 1 is 0.469 bits per heavy atom. The Balaban J connectivity index is 4.28. The molecule has 0 aromatic carbocycles. The van der Waals surface area contributed by atoms with Gasteiger partial charge in [0.15, 0.2) is 0 Å². The lowest BCUT2D eigenvalue weighted by Gasteiger charge is -2.33. The van der Waals surface area contributed by atoms with Crippen LogP contribution in [-0.4, -0.2) is 68.8 Å². The summed E-state index contributed by atoms with van der Waals surface area (Å²) in [5.74, 6) is 1.87. The van der Waals surface area contributed by atoms with Crippen LogP contribution in [0.4, 0.5) is 0 Å². The summed E-state index contributed by atoms with van der Waals surface area (Å²) in [6.45, 7) is 20.1. The molecule has 0 spiro atoms. The fourth-order valence-electron chi connectivity index (χ4n) is 2.84.